The summed E-state index contributed by atoms with van der Waals surface area (Å²) in [6.45, 7) is 5.04. The molecule has 7 heteroatoms. The predicted molar refractivity (Wildman–Crippen MR) is 99.1 cm³/mol. The van der Waals surface area contributed by atoms with Gasteiger partial charge in [0.25, 0.3) is 0 Å². The van der Waals surface area contributed by atoms with Crippen molar-refractivity contribution in [2.75, 3.05) is 39.3 Å². The van der Waals surface area contributed by atoms with Crippen molar-refractivity contribution in [2.45, 2.75) is 37.5 Å². The van der Waals surface area contributed by atoms with E-state index in [0.717, 1.165) is 19.6 Å². The zero-order valence-electron chi connectivity index (χ0n) is 15.6. The molecule has 3 aliphatic rings. The molecule has 0 aliphatic carbocycles. The number of benzene rings is 1. The van der Waals surface area contributed by atoms with E-state index in [1.54, 1.807) is 0 Å². The number of nitrogens with zero attached hydrogens (tertiary/aromatic N) is 2. The highest BCUT2D eigenvalue weighted by Gasteiger charge is 2.43. The number of rotatable bonds is 4. The van der Waals surface area contributed by atoms with Crippen molar-refractivity contribution >= 4 is 12.0 Å². The molecule has 7 nitrogen and oxygen atoms in total. The second kappa shape index (κ2) is 7.86. The molecule has 0 aromatic heterocycles. The fourth-order valence-electron chi connectivity index (χ4n) is 4.16. The van der Waals surface area contributed by atoms with Gasteiger partial charge in [0.1, 0.15) is 5.60 Å². The standard InChI is InChI=1S/C20H27N3O4/c24-18(23-8-6-20(7-9-23)15-21-19(25)27-20)12-17-14-22(10-11-26-17)13-16-4-2-1-3-5-16/h1-5,17H,6-15H2,(H,21,25). The van der Waals surface area contributed by atoms with Crippen molar-refractivity contribution in [1.29, 1.82) is 0 Å². The number of hydrogen-bond donors (Lipinski definition) is 1. The summed E-state index contributed by atoms with van der Waals surface area (Å²) in [7, 11) is 0. The third kappa shape index (κ3) is 4.42. The Bertz CT molecular complexity index is 673. The molecule has 1 spiro atoms. The minimum Gasteiger partial charge on any atom is -0.441 e. The number of carbonyl (C=O) groups is 2. The van der Waals surface area contributed by atoms with E-state index in [4.69, 9.17) is 9.47 Å². The second-order valence-corrected chi connectivity index (χ2v) is 7.72. The first kappa shape index (κ1) is 18.3. The number of carbonyl (C=O) groups excluding carboxylic acids is 2. The number of likely N-dealkylation sites (tertiary alicyclic amines) is 1. The molecule has 3 aliphatic heterocycles. The highest BCUT2D eigenvalue weighted by atomic mass is 16.6. The van der Waals surface area contributed by atoms with E-state index >= 15 is 0 Å². The molecule has 1 unspecified atom stereocenters. The number of hydrogen-bond acceptors (Lipinski definition) is 5. The van der Waals surface area contributed by atoms with Gasteiger partial charge in [-0.2, -0.15) is 0 Å². The van der Waals surface area contributed by atoms with Crippen LogP contribution in [0.3, 0.4) is 0 Å². The number of alkyl carbamates (subject to hydrolysis) is 1. The smallest absolute Gasteiger partial charge is 0.407 e. The van der Waals surface area contributed by atoms with Crippen LogP contribution >= 0.6 is 0 Å². The van der Waals surface area contributed by atoms with Crippen LogP contribution in [0.5, 0.6) is 0 Å². The van der Waals surface area contributed by atoms with Crippen LogP contribution in [0.2, 0.25) is 0 Å². The maximum atomic E-state index is 12.7. The Kier molecular flexibility index (Phi) is 5.31. The Labute approximate surface area is 159 Å². The molecule has 1 aromatic rings. The summed E-state index contributed by atoms with van der Waals surface area (Å²) >= 11 is 0. The van der Waals surface area contributed by atoms with Gasteiger partial charge in [0.15, 0.2) is 0 Å². The third-order valence-corrected chi connectivity index (χ3v) is 5.77. The van der Waals surface area contributed by atoms with Gasteiger partial charge in [-0.3, -0.25) is 9.69 Å². The molecule has 3 fully saturated rings. The molecule has 3 saturated heterocycles. The number of morpholine rings is 1. The van der Waals surface area contributed by atoms with Crippen molar-refractivity contribution in [3.8, 4) is 0 Å². The maximum absolute atomic E-state index is 12.7. The van der Waals surface area contributed by atoms with Crippen molar-refractivity contribution < 1.29 is 19.1 Å². The average molecular weight is 373 g/mol. The van der Waals surface area contributed by atoms with Crippen LogP contribution < -0.4 is 5.32 Å². The first-order valence-electron chi connectivity index (χ1n) is 9.74. The van der Waals surface area contributed by atoms with E-state index < -0.39 is 5.60 Å². The van der Waals surface area contributed by atoms with E-state index in [-0.39, 0.29) is 18.1 Å². The van der Waals surface area contributed by atoms with Gasteiger partial charge in [-0.05, 0) is 5.56 Å². The summed E-state index contributed by atoms with van der Waals surface area (Å²) in [5.41, 5.74) is 0.868. The lowest BCUT2D eigenvalue weighted by molar-refractivity contribution is -0.139. The van der Waals surface area contributed by atoms with Crippen LogP contribution in [0.4, 0.5) is 4.79 Å². The summed E-state index contributed by atoms with van der Waals surface area (Å²) in [5.74, 6) is 0.133. The van der Waals surface area contributed by atoms with Gasteiger partial charge in [0.2, 0.25) is 5.91 Å². The van der Waals surface area contributed by atoms with E-state index in [2.05, 4.69) is 34.5 Å². The quantitative estimate of drug-likeness (QED) is 0.863. The first-order valence-corrected chi connectivity index (χ1v) is 9.74. The largest absolute Gasteiger partial charge is 0.441 e. The molecule has 146 valence electrons. The number of ether oxygens (including phenoxy) is 2. The van der Waals surface area contributed by atoms with E-state index in [1.165, 1.54) is 5.56 Å². The summed E-state index contributed by atoms with van der Waals surface area (Å²) in [4.78, 5) is 28.3. The van der Waals surface area contributed by atoms with Crippen LogP contribution in [0, 0.1) is 0 Å². The Morgan fingerprint density at radius 1 is 1.19 bits per heavy atom. The lowest BCUT2D eigenvalue weighted by Gasteiger charge is -2.38. The number of nitrogens with one attached hydrogen (secondary N) is 1. The fraction of sp³-hybridized carbons (Fsp3) is 0.600. The summed E-state index contributed by atoms with van der Waals surface area (Å²) in [5, 5.41) is 2.72. The molecular weight excluding hydrogens is 346 g/mol. The molecule has 2 amide bonds. The fourth-order valence-corrected chi connectivity index (χ4v) is 4.16. The highest BCUT2D eigenvalue weighted by molar-refractivity contribution is 5.77. The van der Waals surface area contributed by atoms with Gasteiger partial charge in [-0.25, -0.2) is 4.79 Å². The zero-order valence-corrected chi connectivity index (χ0v) is 15.6. The number of piperidine rings is 1. The topological polar surface area (TPSA) is 71.1 Å². The molecule has 1 N–H and O–H groups in total. The summed E-state index contributed by atoms with van der Waals surface area (Å²) in [6, 6.07) is 10.4. The van der Waals surface area contributed by atoms with Crippen molar-refractivity contribution in [2.24, 2.45) is 0 Å². The van der Waals surface area contributed by atoms with Crippen molar-refractivity contribution in [1.82, 2.24) is 15.1 Å². The Balaban J connectivity index is 1.25. The van der Waals surface area contributed by atoms with Gasteiger partial charge >= 0.3 is 6.09 Å². The minimum atomic E-state index is -0.415. The Hall–Kier alpha value is -2.12. The van der Waals surface area contributed by atoms with Crippen LogP contribution in [0.25, 0.3) is 0 Å². The van der Waals surface area contributed by atoms with E-state index in [1.807, 2.05) is 11.0 Å². The van der Waals surface area contributed by atoms with Gasteiger partial charge in [-0.1, -0.05) is 30.3 Å². The lowest BCUT2D eigenvalue weighted by atomic mass is 9.91. The highest BCUT2D eigenvalue weighted by Crippen LogP contribution is 2.29. The van der Waals surface area contributed by atoms with E-state index in [0.29, 0.717) is 45.5 Å². The monoisotopic (exact) mass is 373 g/mol. The lowest BCUT2D eigenvalue weighted by Crippen LogP contribution is -2.50. The molecule has 1 aromatic carbocycles. The van der Waals surface area contributed by atoms with Gasteiger partial charge < -0.3 is 19.7 Å². The molecule has 3 heterocycles. The Morgan fingerprint density at radius 2 is 1.96 bits per heavy atom. The predicted octanol–water partition coefficient (Wildman–Crippen LogP) is 1.38. The summed E-state index contributed by atoms with van der Waals surface area (Å²) < 4.78 is 11.3. The van der Waals surface area contributed by atoms with E-state index in [9.17, 15) is 9.59 Å². The Morgan fingerprint density at radius 3 is 2.67 bits per heavy atom. The maximum Gasteiger partial charge on any atom is 0.407 e. The number of amides is 2. The molecule has 0 radical (unpaired) electrons. The first-order chi connectivity index (χ1) is 13.1. The zero-order chi connectivity index (χ0) is 18.7. The molecule has 4 rings (SSSR count). The molecule has 0 saturated carbocycles. The third-order valence-electron chi connectivity index (χ3n) is 5.77. The van der Waals surface area contributed by atoms with Crippen LogP contribution in [-0.4, -0.2) is 72.8 Å². The van der Waals surface area contributed by atoms with Crippen LogP contribution in [-0.2, 0) is 20.8 Å². The van der Waals surface area contributed by atoms with Crippen molar-refractivity contribution in [3.63, 3.8) is 0 Å². The van der Waals surface area contributed by atoms with Gasteiger partial charge in [-0.15, -0.1) is 0 Å². The SMILES string of the molecule is O=C1NCC2(CCN(C(=O)CC3CN(Cc4ccccc4)CCO3)CC2)O1. The van der Waals surface area contributed by atoms with Crippen molar-refractivity contribution in [3.05, 3.63) is 35.9 Å². The molecule has 1 atom stereocenters. The summed E-state index contributed by atoms with van der Waals surface area (Å²) in [6.07, 6.45) is 1.41. The molecular formula is C20H27N3O4. The van der Waals surface area contributed by atoms with Gasteiger partial charge in [0.05, 0.1) is 25.7 Å². The molecule has 27 heavy (non-hydrogen) atoms. The molecule has 0 bridgehead atoms. The normalized spacial score (nSPS) is 25.3. The minimum absolute atomic E-state index is 0.0585. The second-order valence-electron chi connectivity index (χ2n) is 7.72. The van der Waals surface area contributed by atoms with Crippen LogP contribution in [0.15, 0.2) is 30.3 Å². The average Bonchev–Trinajstić information content (AvgIpc) is 3.03. The van der Waals surface area contributed by atoms with Gasteiger partial charge in [0, 0.05) is 45.6 Å². The van der Waals surface area contributed by atoms with Crippen LogP contribution in [0.1, 0.15) is 24.8 Å².